The fraction of sp³-hybridized carbons (Fsp3) is 0.0500. The van der Waals surface area contributed by atoms with Crippen LogP contribution in [0, 0.1) is 0 Å². The first-order valence-corrected chi connectivity index (χ1v) is 8.15. The van der Waals surface area contributed by atoms with Gasteiger partial charge in [-0.2, -0.15) is 0 Å². The minimum atomic E-state index is -0.317. The minimum Gasteiger partial charge on any atom is -0.425 e. The Kier molecular flexibility index (Phi) is 3.31. The van der Waals surface area contributed by atoms with E-state index in [2.05, 4.69) is 46.3 Å². The highest BCUT2D eigenvalue weighted by Crippen LogP contribution is 2.42. The maximum atomic E-state index is 11.7. The molecule has 4 rings (SSSR count). The Morgan fingerprint density at radius 3 is 2.39 bits per heavy atom. The van der Waals surface area contributed by atoms with E-state index < -0.39 is 0 Å². The smallest absolute Gasteiger partial charge is 0.308 e. The lowest BCUT2D eigenvalue weighted by atomic mass is 9.97. The number of esters is 1. The lowest BCUT2D eigenvalue weighted by Crippen LogP contribution is -2.03. The van der Waals surface area contributed by atoms with Gasteiger partial charge in [0.1, 0.15) is 5.75 Å². The molecule has 0 aliphatic heterocycles. The SMILES string of the molecule is CC(=O)Oc1c2c(Br)cccc2cc2ccc3ccccc3c12. The van der Waals surface area contributed by atoms with E-state index in [0.29, 0.717) is 5.75 Å². The van der Waals surface area contributed by atoms with Crippen LogP contribution in [0.4, 0.5) is 0 Å². The Bertz CT molecular complexity index is 1080. The lowest BCUT2D eigenvalue weighted by molar-refractivity contribution is -0.131. The first-order chi connectivity index (χ1) is 11.1. The molecule has 0 N–H and O–H groups in total. The van der Waals surface area contributed by atoms with Crippen LogP contribution in [-0.2, 0) is 4.79 Å². The molecule has 4 aromatic carbocycles. The van der Waals surface area contributed by atoms with Gasteiger partial charge in [-0.05, 0) is 33.7 Å². The summed E-state index contributed by atoms with van der Waals surface area (Å²) in [6.45, 7) is 1.44. The molecule has 0 fully saturated rings. The van der Waals surface area contributed by atoms with Gasteiger partial charge in [-0.25, -0.2) is 0 Å². The van der Waals surface area contributed by atoms with E-state index in [1.165, 1.54) is 6.92 Å². The molecule has 0 aliphatic carbocycles. The van der Waals surface area contributed by atoms with Crippen LogP contribution < -0.4 is 4.74 Å². The van der Waals surface area contributed by atoms with E-state index in [-0.39, 0.29) is 5.97 Å². The van der Waals surface area contributed by atoms with Crippen LogP contribution in [0.1, 0.15) is 6.92 Å². The largest absolute Gasteiger partial charge is 0.425 e. The molecule has 0 heterocycles. The highest BCUT2D eigenvalue weighted by Gasteiger charge is 2.15. The number of hydrogen-bond donors (Lipinski definition) is 0. The number of halogens is 1. The van der Waals surface area contributed by atoms with Crippen molar-refractivity contribution in [2.45, 2.75) is 6.92 Å². The van der Waals surface area contributed by atoms with E-state index in [1.807, 2.05) is 30.3 Å². The predicted octanol–water partition coefficient (Wildman–Crippen LogP) is 5.83. The second kappa shape index (κ2) is 5.36. The van der Waals surface area contributed by atoms with Crippen molar-refractivity contribution in [3.63, 3.8) is 0 Å². The first kappa shape index (κ1) is 14.2. The van der Waals surface area contributed by atoms with Crippen molar-refractivity contribution in [1.82, 2.24) is 0 Å². The van der Waals surface area contributed by atoms with Crippen LogP contribution in [0.2, 0.25) is 0 Å². The van der Waals surface area contributed by atoms with Crippen molar-refractivity contribution in [3.05, 3.63) is 65.1 Å². The monoisotopic (exact) mass is 364 g/mol. The fourth-order valence-corrected chi connectivity index (χ4v) is 3.66. The first-order valence-electron chi connectivity index (χ1n) is 7.36. The summed E-state index contributed by atoms with van der Waals surface area (Å²) < 4.78 is 6.58. The molecule has 0 saturated carbocycles. The third-order valence-electron chi connectivity index (χ3n) is 4.02. The van der Waals surface area contributed by atoms with Crippen LogP contribution in [-0.4, -0.2) is 5.97 Å². The molecule has 0 aromatic heterocycles. The van der Waals surface area contributed by atoms with Crippen molar-refractivity contribution in [3.8, 4) is 5.75 Å². The number of carbonyl (C=O) groups excluding carboxylic acids is 1. The van der Waals surface area contributed by atoms with Crippen LogP contribution in [0.15, 0.2) is 65.1 Å². The zero-order chi connectivity index (χ0) is 16.0. The summed E-state index contributed by atoms with van der Waals surface area (Å²) in [6.07, 6.45) is 0. The molecule has 2 nitrogen and oxygen atoms in total. The molecule has 23 heavy (non-hydrogen) atoms. The van der Waals surface area contributed by atoms with E-state index in [0.717, 1.165) is 36.8 Å². The van der Waals surface area contributed by atoms with Gasteiger partial charge in [-0.15, -0.1) is 0 Å². The summed E-state index contributed by atoms with van der Waals surface area (Å²) in [5, 5.41) is 6.20. The highest BCUT2D eigenvalue weighted by molar-refractivity contribution is 9.10. The molecule has 0 aliphatic rings. The van der Waals surface area contributed by atoms with Crippen LogP contribution in [0.5, 0.6) is 5.75 Å². The second-order valence-electron chi connectivity index (χ2n) is 5.52. The number of ether oxygens (including phenoxy) is 1. The molecule has 3 heteroatoms. The van der Waals surface area contributed by atoms with Gasteiger partial charge in [0, 0.05) is 22.2 Å². The fourth-order valence-electron chi connectivity index (χ4n) is 3.10. The van der Waals surface area contributed by atoms with Gasteiger partial charge in [-0.1, -0.05) is 64.5 Å². The van der Waals surface area contributed by atoms with Crippen LogP contribution in [0.25, 0.3) is 32.3 Å². The van der Waals surface area contributed by atoms with Crippen LogP contribution in [0.3, 0.4) is 0 Å². The molecule has 0 bridgehead atoms. The number of benzene rings is 4. The van der Waals surface area contributed by atoms with Crippen LogP contribution >= 0.6 is 15.9 Å². The molecule has 4 aromatic rings. The Hall–Kier alpha value is -2.39. The summed E-state index contributed by atoms with van der Waals surface area (Å²) in [7, 11) is 0. The Morgan fingerprint density at radius 1 is 0.870 bits per heavy atom. The van der Waals surface area contributed by atoms with Gasteiger partial charge in [-0.3, -0.25) is 4.79 Å². The molecule has 0 spiro atoms. The predicted molar refractivity (Wildman–Crippen MR) is 98.0 cm³/mol. The van der Waals surface area contributed by atoms with Crippen molar-refractivity contribution in [1.29, 1.82) is 0 Å². The molecule has 0 unspecified atom stereocenters. The van der Waals surface area contributed by atoms with Gasteiger partial charge in [0.15, 0.2) is 0 Å². The minimum absolute atomic E-state index is 0.317. The number of fused-ring (bicyclic) bond motifs is 4. The molecule has 0 saturated heterocycles. The molecule has 0 atom stereocenters. The van der Waals surface area contributed by atoms with Gasteiger partial charge in [0.25, 0.3) is 0 Å². The van der Waals surface area contributed by atoms with Gasteiger partial charge in [0.2, 0.25) is 0 Å². The third-order valence-corrected chi connectivity index (χ3v) is 4.68. The highest BCUT2D eigenvalue weighted by atomic mass is 79.9. The van der Waals surface area contributed by atoms with E-state index in [9.17, 15) is 4.79 Å². The van der Waals surface area contributed by atoms with Crippen molar-refractivity contribution >= 4 is 54.2 Å². The topological polar surface area (TPSA) is 26.3 Å². The Balaban J connectivity index is 2.29. The maximum absolute atomic E-state index is 11.7. The van der Waals surface area contributed by atoms with E-state index >= 15 is 0 Å². The van der Waals surface area contributed by atoms with Gasteiger partial charge in [0.05, 0.1) is 0 Å². The van der Waals surface area contributed by atoms with Gasteiger partial charge < -0.3 is 4.74 Å². The average molecular weight is 365 g/mol. The summed E-state index contributed by atoms with van der Waals surface area (Å²) >= 11 is 3.60. The van der Waals surface area contributed by atoms with Gasteiger partial charge >= 0.3 is 5.97 Å². The number of carbonyl (C=O) groups is 1. The van der Waals surface area contributed by atoms with E-state index in [1.54, 1.807) is 0 Å². The standard InChI is InChI=1S/C20H13BrO2/c1-12(22)23-20-18-15(10-9-13-5-2-3-7-16(13)18)11-14-6-4-8-17(21)19(14)20/h2-11H,1H3. The Labute approximate surface area is 141 Å². The number of hydrogen-bond acceptors (Lipinski definition) is 2. The zero-order valence-corrected chi connectivity index (χ0v) is 14.1. The lowest BCUT2D eigenvalue weighted by Gasteiger charge is -2.14. The average Bonchev–Trinajstić information content (AvgIpc) is 2.53. The number of rotatable bonds is 1. The van der Waals surface area contributed by atoms with Crippen molar-refractivity contribution < 1.29 is 9.53 Å². The maximum Gasteiger partial charge on any atom is 0.308 e. The van der Waals surface area contributed by atoms with Crippen molar-refractivity contribution in [2.75, 3.05) is 0 Å². The molecular weight excluding hydrogens is 352 g/mol. The summed E-state index contributed by atoms with van der Waals surface area (Å²) in [5.74, 6) is 0.303. The summed E-state index contributed by atoms with van der Waals surface area (Å²) in [5.41, 5.74) is 0. The van der Waals surface area contributed by atoms with Crippen molar-refractivity contribution in [2.24, 2.45) is 0 Å². The van der Waals surface area contributed by atoms with E-state index in [4.69, 9.17) is 4.74 Å². The quantitative estimate of drug-likeness (QED) is 0.183. The molecule has 0 radical (unpaired) electrons. The summed E-state index contributed by atoms with van der Waals surface area (Å²) in [6, 6.07) is 20.4. The normalized spacial score (nSPS) is 11.2. The summed E-state index contributed by atoms with van der Waals surface area (Å²) in [4.78, 5) is 11.7. The molecule has 0 amide bonds. The zero-order valence-electron chi connectivity index (χ0n) is 12.5. The Morgan fingerprint density at radius 2 is 1.57 bits per heavy atom. The molecule has 112 valence electrons. The molecular formula is C20H13BrO2. The third kappa shape index (κ3) is 2.28. The second-order valence-corrected chi connectivity index (χ2v) is 6.38.